The second-order valence-electron chi connectivity index (χ2n) is 10.4. The van der Waals surface area contributed by atoms with Gasteiger partial charge in [-0.25, -0.2) is 13.6 Å². The first-order valence-corrected chi connectivity index (χ1v) is 14.9. The number of rotatable bonds is 7. The Hall–Kier alpha value is -4.30. The van der Waals surface area contributed by atoms with Crippen molar-refractivity contribution in [2.75, 3.05) is 45.1 Å². The number of ether oxygens (including phenoxy) is 3. The Kier molecular flexibility index (Phi) is 11.4. The van der Waals surface area contributed by atoms with Crippen LogP contribution in [0.2, 0.25) is 0 Å². The number of esters is 1. The minimum Gasteiger partial charge on any atom is -0.497 e. The van der Waals surface area contributed by atoms with Crippen molar-refractivity contribution < 1.29 is 27.8 Å². The third-order valence-electron chi connectivity index (χ3n) is 7.56. The highest BCUT2D eigenvalue weighted by Crippen LogP contribution is 2.37. The van der Waals surface area contributed by atoms with Crippen LogP contribution < -0.4 is 20.1 Å². The van der Waals surface area contributed by atoms with E-state index in [4.69, 9.17) is 26.8 Å². The van der Waals surface area contributed by atoms with Crippen molar-refractivity contribution in [1.82, 2.24) is 0 Å². The summed E-state index contributed by atoms with van der Waals surface area (Å²) in [7, 11) is 4.39. The summed E-state index contributed by atoms with van der Waals surface area (Å²) in [5.41, 5.74) is 10.9. The average molecular weight is 623 g/mol. The van der Waals surface area contributed by atoms with Crippen molar-refractivity contribution in [2.45, 2.75) is 31.6 Å². The summed E-state index contributed by atoms with van der Waals surface area (Å²) < 4.78 is 43.4. The molecule has 6 nitrogen and oxygen atoms in total. The number of nitrogen functional groups attached to an aromatic ring is 1. The number of hydrogen-bond donors (Lipinski definition) is 1. The van der Waals surface area contributed by atoms with Crippen LogP contribution in [-0.4, -0.2) is 40.4 Å². The molecule has 0 spiro atoms. The van der Waals surface area contributed by atoms with Gasteiger partial charge in [0.25, 0.3) is 0 Å². The second-order valence-corrected chi connectivity index (χ2v) is 10.6. The molecule has 0 unspecified atom stereocenters. The van der Waals surface area contributed by atoms with Gasteiger partial charge in [0.2, 0.25) is 0 Å². The Morgan fingerprint density at radius 3 is 1.84 bits per heavy atom. The molecule has 1 aliphatic heterocycles. The van der Waals surface area contributed by atoms with Crippen LogP contribution in [0.1, 0.15) is 41.6 Å². The van der Waals surface area contributed by atoms with Crippen LogP contribution >= 0.6 is 11.6 Å². The highest BCUT2D eigenvalue weighted by Gasteiger charge is 2.18. The van der Waals surface area contributed by atoms with Gasteiger partial charge in [-0.3, -0.25) is 0 Å². The lowest BCUT2D eigenvalue weighted by Gasteiger charge is -2.26. The van der Waals surface area contributed by atoms with Crippen LogP contribution in [0.15, 0.2) is 72.8 Å². The molecule has 1 saturated heterocycles. The van der Waals surface area contributed by atoms with Gasteiger partial charge in [0.1, 0.15) is 23.1 Å². The third kappa shape index (κ3) is 7.80. The number of halogens is 3. The second kappa shape index (κ2) is 15.4. The van der Waals surface area contributed by atoms with Crippen LogP contribution in [0.5, 0.6) is 11.5 Å². The lowest BCUT2D eigenvalue weighted by atomic mass is 9.99. The Morgan fingerprint density at radius 1 is 0.750 bits per heavy atom. The summed E-state index contributed by atoms with van der Waals surface area (Å²) in [6, 6.07) is 19.9. The number of methoxy groups -OCH3 is 3. The number of nitrogens with two attached hydrogens (primary N) is 1. The van der Waals surface area contributed by atoms with Crippen molar-refractivity contribution in [3.05, 3.63) is 95.6 Å². The predicted octanol–water partition coefficient (Wildman–Crippen LogP) is 8.49. The smallest absolute Gasteiger partial charge is 0.337 e. The van der Waals surface area contributed by atoms with Crippen LogP contribution in [0.25, 0.3) is 22.3 Å². The highest BCUT2D eigenvalue weighted by molar-refractivity contribution is 6.17. The van der Waals surface area contributed by atoms with Gasteiger partial charge in [-0.15, -0.1) is 11.6 Å². The molecule has 0 atom stereocenters. The molecule has 0 radical (unpaired) electrons. The van der Waals surface area contributed by atoms with Gasteiger partial charge in [0, 0.05) is 52.6 Å². The normalized spacial score (nSPS) is 12.9. The molecule has 1 fully saturated rings. The van der Waals surface area contributed by atoms with Gasteiger partial charge in [-0.2, -0.15) is 0 Å². The number of hydrogen-bond acceptors (Lipinski definition) is 6. The minimum atomic E-state index is -0.491. The summed E-state index contributed by atoms with van der Waals surface area (Å²) in [4.78, 5) is 13.8. The molecule has 44 heavy (non-hydrogen) atoms. The first-order valence-electron chi connectivity index (χ1n) is 14.4. The van der Waals surface area contributed by atoms with E-state index >= 15 is 0 Å². The molecular formula is C35H37ClF2N2O4. The summed E-state index contributed by atoms with van der Waals surface area (Å²) in [6.45, 7) is 2.01. The van der Waals surface area contributed by atoms with Gasteiger partial charge < -0.3 is 24.8 Å². The fourth-order valence-corrected chi connectivity index (χ4v) is 5.36. The zero-order chi connectivity index (χ0) is 31.6. The van der Waals surface area contributed by atoms with Gasteiger partial charge in [0.05, 0.1) is 26.9 Å². The highest BCUT2D eigenvalue weighted by atomic mass is 35.5. The van der Waals surface area contributed by atoms with E-state index in [0.29, 0.717) is 45.3 Å². The molecule has 4 aromatic carbocycles. The van der Waals surface area contributed by atoms with E-state index in [2.05, 4.69) is 15.7 Å². The monoisotopic (exact) mass is 622 g/mol. The summed E-state index contributed by atoms with van der Waals surface area (Å²) in [6.07, 6.45) is 4.86. The molecule has 0 bridgehead atoms. The summed E-state index contributed by atoms with van der Waals surface area (Å²) >= 11 is 6.03. The molecule has 2 N–H and O–H groups in total. The molecule has 0 saturated carbocycles. The Balaban J connectivity index is 0.000000204. The lowest BCUT2D eigenvalue weighted by Crippen LogP contribution is -2.24. The SMILES string of the molecule is COC(=O)c1ccc(-c2cc(OC)ccc2F)c(N)c1.COc1ccc(F)c(-c2ccc(CCl)cc2N2CCCCCC2)c1. The molecule has 1 aliphatic rings. The Morgan fingerprint density at radius 2 is 1.32 bits per heavy atom. The maximum absolute atomic E-state index is 14.5. The molecule has 9 heteroatoms. The number of alkyl halides is 1. The van der Waals surface area contributed by atoms with Crippen LogP contribution in [0.3, 0.4) is 0 Å². The zero-order valence-electron chi connectivity index (χ0n) is 25.2. The number of benzene rings is 4. The predicted molar refractivity (Wildman–Crippen MR) is 173 cm³/mol. The van der Waals surface area contributed by atoms with Crippen molar-refractivity contribution in [1.29, 1.82) is 0 Å². The standard InChI is InChI=1S/C20H23ClFNO.C15H14FNO3/c1-24-16-7-9-19(22)18(13-16)17-8-6-15(14-21)12-20(17)23-10-4-2-3-5-11-23;1-19-10-4-6-13(16)12(8-10)11-5-3-9(7-14(11)17)15(18)20-2/h6-9,12-13H,2-5,10-11,14H2,1H3;3-8H,17H2,1-2H3. The van der Waals surface area contributed by atoms with E-state index in [-0.39, 0.29) is 5.82 Å². The van der Waals surface area contributed by atoms with E-state index < -0.39 is 11.8 Å². The average Bonchev–Trinajstić information content (AvgIpc) is 3.35. The van der Waals surface area contributed by atoms with E-state index in [1.54, 1.807) is 31.4 Å². The van der Waals surface area contributed by atoms with E-state index in [1.165, 1.54) is 70.2 Å². The van der Waals surface area contributed by atoms with E-state index in [0.717, 1.165) is 29.9 Å². The number of nitrogens with zero attached hydrogens (tertiary/aromatic N) is 1. The first-order chi connectivity index (χ1) is 21.3. The van der Waals surface area contributed by atoms with E-state index in [1.807, 2.05) is 12.1 Å². The Labute approximate surface area is 262 Å². The molecule has 1 heterocycles. The molecular weight excluding hydrogens is 586 g/mol. The van der Waals surface area contributed by atoms with Crippen molar-refractivity contribution in [2.24, 2.45) is 0 Å². The largest absolute Gasteiger partial charge is 0.497 e. The fraction of sp³-hybridized carbons (Fsp3) is 0.286. The molecule has 232 valence electrons. The van der Waals surface area contributed by atoms with Gasteiger partial charge in [0.15, 0.2) is 0 Å². The van der Waals surface area contributed by atoms with Crippen molar-refractivity contribution in [3.63, 3.8) is 0 Å². The zero-order valence-corrected chi connectivity index (χ0v) is 25.9. The van der Waals surface area contributed by atoms with E-state index in [9.17, 15) is 13.6 Å². The molecule has 0 aliphatic carbocycles. The molecule has 5 rings (SSSR count). The first kappa shape index (κ1) is 32.6. The van der Waals surface area contributed by atoms with Crippen LogP contribution in [-0.2, 0) is 10.6 Å². The van der Waals surface area contributed by atoms with Crippen molar-refractivity contribution in [3.8, 4) is 33.8 Å². The van der Waals surface area contributed by atoms with Crippen LogP contribution in [0, 0.1) is 11.6 Å². The topological polar surface area (TPSA) is 74.0 Å². The Bertz CT molecular complexity index is 1590. The van der Waals surface area contributed by atoms with Crippen molar-refractivity contribution >= 4 is 28.9 Å². The molecule has 0 amide bonds. The van der Waals surface area contributed by atoms with Gasteiger partial charge in [-0.05, 0) is 73.0 Å². The number of carbonyl (C=O) groups excluding carboxylic acids is 1. The molecule has 4 aromatic rings. The minimum absolute atomic E-state index is 0.231. The lowest BCUT2D eigenvalue weighted by molar-refractivity contribution is 0.0601. The molecule has 0 aromatic heterocycles. The maximum Gasteiger partial charge on any atom is 0.337 e. The fourth-order valence-electron chi connectivity index (χ4n) is 5.19. The number of anilines is 2. The maximum atomic E-state index is 14.5. The quantitative estimate of drug-likeness (QED) is 0.127. The van der Waals surface area contributed by atoms with Gasteiger partial charge >= 0.3 is 5.97 Å². The van der Waals surface area contributed by atoms with Gasteiger partial charge in [-0.1, -0.05) is 31.0 Å². The summed E-state index contributed by atoms with van der Waals surface area (Å²) in [5.74, 6) is 0.512. The van der Waals surface area contributed by atoms with Crippen LogP contribution in [0.4, 0.5) is 20.2 Å². The third-order valence-corrected chi connectivity index (χ3v) is 7.87. The summed E-state index contributed by atoms with van der Waals surface area (Å²) in [5, 5.41) is 0. The number of carbonyl (C=O) groups is 1.